The first-order valence-electron chi connectivity index (χ1n) is 6.38. The van der Waals surface area contributed by atoms with Gasteiger partial charge < -0.3 is 4.74 Å². The minimum Gasteiger partial charge on any atom is -0.370 e. The number of rotatable bonds is 4. The van der Waals surface area contributed by atoms with Crippen molar-refractivity contribution in [2.45, 2.75) is 44.6 Å². The third kappa shape index (κ3) is 2.95. The van der Waals surface area contributed by atoms with Crippen molar-refractivity contribution >= 4 is 28.7 Å². The molecule has 100 valence electrons. The Morgan fingerprint density at radius 3 is 2.67 bits per heavy atom. The summed E-state index contributed by atoms with van der Waals surface area (Å²) in [5.74, 6) is 0.910. The Morgan fingerprint density at radius 1 is 1.50 bits per heavy atom. The molecule has 1 heterocycles. The SMILES string of the molecule is COC1(C(=O)Cc2ccc(Cl)s2)CCC(C)CC1. The highest BCUT2D eigenvalue weighted by atomic mass is 35.5. The van der Waals surface area contributed by atoms with Crippen molar-refractivity contribution in [2.24, 2.45) is 5.92 Å². The normalized spacial score (nSPS) is 28.3. The first-order chi connectivity index (χ1) is 8.55. The van der Waals surface area contributed by atoms with Crippen molar-refractivity contribution in [3.63, 3.8) is 0 Å². The zero-order chi connectivity index (χ0) is 13.2. The summed E-state index contributed by atoms with van der Waals surface area (Å²) in [4.78, 5) is 13.5. The lowest BCUT2D eigenvalue weighted by molar-refractivity contribution is -0.145. The van der Waals surface area contributed by atoms with Gasteiger partial charge in [-0.25, -0.2) is 0 Å². The standard InChI is InChI=1S/C14H19ClO2S/c1-10-5-7-14(17-2,8-6-10)12(16)9-11-3-4-13(15)18-11/h3-4,10H,5-9H2,1-2H3. The van der Waals surface area contributed by atoms with Crippen molar-refractivity contribution in [2.75, 3.05) is 7.11 Å². The third-order valence-corrected chi connectivity index (χ3v) is 5.18. The van der Waals surface area contributed by atoms with Crippen LogP contribution >= 0.6 is 22.9 Å². The Labute approximate surface area is 117 Å². The summed E-state index contributed by atoms with van der Waals surface area (Å²) in [6.07, 6.45) is 4.29. The molecule has 0 atom stereocenters. The van der Waals surface area contributed by atoms with Gasteiger partial charge in [0.1, 0.15) is 5.60 Å². The number of hydrogen-bond donors (Lipinski definition) is 0. The van der Waals surface area contributed by atoms with Crippen molar-refractivity contribution in [3.8, 4) is 0 Å². The lowest BCUT2D eigenvalue weighted by atomic mass is 9.76. The Kier molecular flexibility index (Phi) is 4.46. The average molecular weight is 287 g/mol. The minimum absolute atomic E-state index is 0.204. The van der Waals surface area contributed by atoms with Gasteiger partial charge >= 0.3 is 0 Å². The summed E-state index contributed by atoms with van der Waals surface area (Å²) in [6, 6.07) is 3.77. The van der Waals surface area contributed by atoms with E-state index in [9.17, 15) is 4.79 Å². The molecule has 0 aliphatic heterocycles. The summed E-state index contributed by atoms with van der Waals surface area (Å²) in [7, 11) is 1.66. The van der Waals surface area contributed by atoms with Gasteiger partial charge in [-0.05, 0) is 43.7 Å². The molecule has 2 rings (SSSR count). The smallest absolute Gasteiger partial charge is 0.169 e. The van der Waals surface area contributed by atoms with Crippen LogP contribution in [0.4, 0.5) is 0 Å². The van der Waals surface area contributed by atoms with E-state index in [4.69, 9.17) is 16.3 Å². The molecule has 1 aliphatic carbocycles. The van der Waals surface area contributed by atoms with Gasteiger partial charge in [-0.15, -0.1) is 11.3 Å². The number of Topliss-reactive ketones (excluding diaryl/α,β-unsaturated/α-hetero) is 1. The largest absolute Gasteiger partial charge is 0.370 e. The summed E-state index contributed by atoms with van der Waals surface area (Å²) < 4.78 is 6.33. The maximum absolute atomic E-state index is 12.5. The molecule has 4 heteroatoms. The van der Waals surface area contributed by atoms with Crippen LogP contribution in [0.2, 0.25) is 4.34 Å². The molecule has 1 saturated carbocycles. The second-order valence-corrected chi connectivity index (χ2v) is 6.99. The maximum Gasteiger partial charge on any atom is 0.169 e. The predicted octanol–water partition coefficient (Wildman–Crippen LogP) is 4.11. The van der Waals surface area contributed by atoms with Crippen LogP contribution in [0.3, 0.4) is 0 Å². The Bertz CT molecular complexity index is 419. The van der Waals surface area contributed by atoms with E-state index in [2.05, 4.69) is 6.92 Å². The molecule has 1 aromatic heterocycles. The second-order valence-electron chi connectivity index (χ2n) is 5.19. The molecular weight excluding hydrogens is 268 g/mol. The molecule has 0 radical (unpaired) electrons. The van der Waals surface area contributed by atoms with Gasteiger partial charge in [-0.2, -0.15) is 0 Å². The number of thiophene rings is 1. The summed E-state index contributed by atoms with van der Waals surface area (Å²) in [5.41, 5.74) is -0.553. The molecule has 0 N–H and O–H groups in total. The second kappa shape index (κ2) is 5.72. The van der Waals surface area contributed by atoms with E-state index in [1.165, 1.54) is 11.3 Å². The van der Waals surface area contributed by atoms with Gasteiger partial charge in [0.15, 0.2) is 5.78 Å². The fraction of sp³-hybridized carbons (Fsp3) is 0.643. The van der Waals surface area contributed by atoms with Crippen LogP contribution in [0, 0.1) is 5.92 Å². The molecule has 0 aromatic carbocycles. The quantitative estimate of drug-likeness (QED) is 0.833. The number of halogens is 1. The van der Waals surface area contributed by atoms with E-state index in [0.717, 1.165) is 34.9 Å². The van der Waals surface area contributed by atoms with Crippen LogP contribution in [0.25, 0.3) is 0 Å². The van der Waals surface area contributed by atoms with Gasteiger partial charge in [0.2, 0.25) is 0 Å². The van der Waals surface area contributed by atoms with E-state index in [0.29, 0.717) is 12.3 Å². The number of hydrogen-bond acceptors (Lipinski definition) is 3. The van der Waals surface area contributed by atoms with Crippen molar-refractivity contribution in [1.29, 1.82) is 0 Å². The van der Waals surface area contributed by atoms with Crippen LogP contribution in [0.1, 0.15) is 37.5 Å². The Morgan fingerprint density at radius 2 is 2.17 bits per heavy atom. The van der Waals surface area contributed by atoms with E-state index < -0.39 is 5.60 Å². The predicted molar refractivity (Wildman–Crippen MR) is 75.4 cm³/mol. The molecule has 0 amide bonds. The van der Waals surface area contributed by atoms with E-state index in [-0.39, 0.29) is 5.78 Å². The van der Waals surface area contributed by atoms with Crippen LogP contribution in [-0.2, 0) is 16.0 Å². The Hall–Kier alpha value is -0.380. The Balaban J connectivity index is 2.06. The molecule has 1 aliphatic rings. The summed E-state index contributed by atoms with van der Waals surface area (Å²) in [6.45, 7) is 2.24. The average Bonchev–Trinajstić information content (AvgIpc) is 2.76. The molecule has 0 saturated heterocycles. The monoisotopic (exact) mass is 286 g/mol. The van der Waals surface area contributed by atoms with Gasteiger partial charge in [-0.3, -0.25) is 4.79 Å². The molecule has 0 bridgehead atoms. The molecule has 0 unspecified atom stereocenters. The van der Waals surface area contributed by atoms with E-state index >= 15 is 0 Å². The van der Waals surface area contributed by atoms with Crippen LogP contribution in [0.5, 0.6) is 0 Å². The fourth-order valence-corrected chi connectivity index (χ4v) is 3.68. The highest BCUT2D eigenvalue weighted by Crippen LogP contribution is 2.36. The maximum atomic E-state index is 12.5. The topological polar surface area (TPSA) is 26.3 Å². The van der Waals surface area contributed by atoms with Gasteiger partial charge in [0.05, 0.1) is 4.34 Å². The zero-order valence-electron chi connectivity index (χ0n) is 10.9. The number of carbonyl (C=O) groups excluding carboxylic acids is 1. The number of methoxy groups -OCH3 is 1. The lowest BCUT2D eigenvalue weighted by Crippen LogP contribution is -2.44. The van der Waals surface area contributed by atoms with Crippen molar-refractivity contribution < 1.29 is 9.53 Å². The van der Waals surface area contributed by atoms with Crippen LogP contribution in [0.15, 0.2) is 12.1 Å². The van der Waals surface area contributed by atoms with Gasteiger partial charge in [0, 0.05) is 18.4 Å². The summed E-state index contributed by atoms with van der Waals surface area (Å²) >= 11 is 7.37. The van der Waals surface area contributed by atoms with Gasteiger partial charge in [-0.1, -0.05) is 18.5 Å². The molecule has 2 nitrogen and oxygen atoms in total. The molecule has 1 fully saturated rings. The van der Waals surface area contributed by atoms with Crippen LogP contribution in [-0.4, -0.2) is 18.5 Å². The fourth-order valence-electron chi connectivity index (χ4n) is 2.59. The lowest BCUT2D eigenvalue weighted by Gasteiger charge is -2.36. The van der Waals surface area contributed by atoms with Gasteiger partial charge in [0.25, 0.3) is 0 Å². The first-order valence-corrected chi connectivity index (χ1v) is 7.58. The van der Waals surface area contributed by atoms with Crippen LogP contribution < -0.4 is 0 Å². The molecule has 1 aromatic rings. The molecule has 0 spiro atoms. The van der Waals surface area contributed by atoms with Crippen molar-refractivity contribution in [1.82, 2.24) is 0 Å². The molecular formula is C14H19ClO2S. The summed E-state index contributed by atoms with van der Waals surface area (Å²) in [5, 5.41) is 0. The number of carbonyl (C=O) groups is 1. The minimum atomic E-state index is -0.553. The highest BCUT2D eigenvalue weighted by Gasteiger charge is 2.40. The molecule has 18 heavy (non-hydrogen) atoms. The zero-order valence-corrected chi connectivity index (χ0v) is 12.4. The highest BCUT2D eigenvalue weighted by molar-refractivity contribution is 7.16. The van der Waals surface area contributed by atoms with E-state index in [1.54, 1.807) is 7.11 Å². The third-order valence-electron chi connectivity index (χ3n) is 3.94. The van der Waals surface area contributed by atoms with Crippen molar-refractivity contribution in [3.05, 3.63) is 21.3 Å². The number of ketones is 1. The van der Waals surface area contributed by atoms with E-state index in [1.807, 2.05) is 12.1 Å². The number of ether oxygens (including phenoxy) is 1. The first kappa shape index (κ1) is 14.0.